The molecule has 1 amide bonds. The Kier molecular flexibility index (Phi) is 9.76. The SMILES string of the molecule is CCNC(=NCCC1CCN(C)CC1)N(C)CC(=O)N(CC)CC. The van der Waals surface area contributed by atoms with Crippen molar-refractivity contribution < 1.29 is 4.79 Å². The number of likely N-dealkylation sites (N-methyl/N-ethyl adjacent to an activating group) is 2. The summed E-state index contributed by atoms with van der Waals surface area (Å²) in [7, 11) is 4.14. The summed E-state index contributed by atoms with van der Waals surface area (Å²) >= 11 is 0. The van der Waals surface area contributed by atoms with E-state index in [1.165, 1.54) is 25.9 Å². The monoisotopic (exact) mass is 339 g/mol. The summed E-state index contributed by atoms with van der Waals surface area (Å²) in [5, 5.41) is 3.30. The molecule has 6 nitrogen and oxygen atoms in total. The van der Waals surface area contributed by atoms with Gasteiger partial charge in [-0.3, -0.25) is 9.79 Å². The third-order valence-corrected chi connectivity index (χ3v) is 4.82. The lowest BCUT2D eigenvalue weighted by Crippen LogP contribution is -2.45. The van der Waals surface area contributed by atoms with Crippen LogP contribution < -0.4 is 5.32 Å². The molecule has 0 unspecified atom stereocenters. The van der Waals surface area contributed by atoms with Crippen LogP contribution in [0.5, 0.6) is 0 Å². The first-order valence-corrected chi connectivity index (χ1v) is 9.47. The van der Waals surface area contributed by atoms with Crippen molar-refractivity contribution in [3.05, 3.63) is 0 Å². The first-order valence-electron chi connectivity index (χ1n) is 9.47. The van der Waals surface area contributed by atoms with E-state index in [0.717, 1.165) is 44.5 Å². The van der Waals surface area contributed by atoms with E-state index in [0.29, 0.717) is 6.54 Å². The molecule has 0 spiro atoms. The number of rotatable bonds is 8. The minimum absolute atomic E-state index is 0.156. The first-order chi connectivity index (χ1) is 11.5. The number of carbonyl (C=O) groups is 1. The summed E-state index contributed by atoms with van der Waals surface area (Å²) < 4.78 is 0. The van der Waals surface area contributed by atoms with Crippen LogP contribution in [0.25, 0.3) is 0 Å². The smallest absolute Gasteiger partial charge is 0.242 e. The molecule has 24 heavy (non-hydrogen) atoms. The van der Waals surface area contributed by atoms with Crippen LogP contribution in [-0.2, 0) is 4.79 Å². The van der Waals surface area contributed by atoms with Crippen molar-refractivity contribution in [2.75, 3.05) is 59.9 Å². The number of carbonyl (C=O) groups excluding carboxylic acids is 1. The van der Waals surface area contributed by atoms with Gasteiger partial charge in [0.05, 0.1) is 6.54 Å². The highest BCUT2D eigenvalue weighted by atomic mass is 16.2. The number of hydrogen-bond donors (Lipinski definition) is 1. The highest BCUT2D eigenvalue weighted by Gasteiger charge is 2.17. The molecule has 1 aliphatic heterocycles. The molecule has 140 valence electrons. The largest absolute Gasteiger partial charge is 0.357 e. The van der Waals surface area contributed by atoms with E-state index in [2.05, 4.69) is 24.2 Å². The predicted molar refractivity (Wildman–Crippen MR) is 101 cm³/mol. The Morgan fingerprint density at radius 1 is 1.21 bits per heavy atom. The molecule has 1 aliphatic rings. The van der Waals surface area contributed by atoms with Gasteiger partial charge >= 0.3 is 0 Å². The van der Waals surface area contributed by atoms with E-state index in [1.54, 1.807) is 0 Å². The highest BCUT2D eigenvalue weighted by molar-refractivity contribution is 5.86. The van der Waals surface area contributed by atoms with E-state index in [1.807, 2.05) is 30.7 Å². The van der Waals surface area contributed by atoms with E-state index >= 15 is 0 Å². The van der Waals surface area contributed by atoms with E-state index in [-0.39, 0.29) is 5.91 Å². The molecule has 0 aromatic rings. The summed E-state index contributed by atoms with van der Waals surface area (Å²) in [6.45, 7) is 12.0. The van der Waals surface area contributed by atoms with E-state index in [9.17, 15) is 4.79 Å². The third kappa shape index (κ3) is 7.07. The van der Waals surface area contributed by atoms with Crippen molar-refractivity contribution in [1.29, 1.82) is 0 Å². The van der Waals surface area contributed by atoms with E-state index < -0.39 is 0 Å². The van der Waals surface area contributed by atoms with Gasteiger partial charge < -0.3 is 20.0 Å². The number of nitrogens with one attached hydrogen (secondary N) is 1. The number of guanidine groups is 1. The van der Waals surface area contributed by atoms with Crippen LogP contribution in [0.2, 0.25) is 0 Å². The Morgan fingerprint density at radius 3 is 2.38 bits per heavy atom. The second-order valence-corrected chi connectivity index (χ2v) is 6.69. The summed E-state index contributed by atoms with van der Waals surface area (Å²) in [4.78, 5) is 23.2. The summed E-state index contributed by atoms with van der Waals surface area (Å²) in [5.74, 6) is 1.78. The molecule has 0 aliphatic carbocycles. The maximum absolute atomic E-state index is 12.3. The average Bonchev–Trinajstić information content (AvgIpc) is 2.56. The molecule has 6 heteroatoms. The maximum atomic E-state index is 12.3. The Balaban J connectivity index is 2.49. The lowest BCUT2D eigenvalue weighted by molar-refractivity contribution is -0.131. The summed E-state index contributed by atoms with van der Waals surface area (Å²) in [5.41, 5.74) is 0. The van der Waals surface area contributed by atoms with Gasteiger partial charge in [0.25, 0.3) is 0 Å². The van der Waals surface area contributed by atoms with Crippen LogP contribution in [0.15, 0.2) is 4.99 Å². The lowest BCUT2D eigenvalue weighted by Gasteiger charge is -2.29. The predicted octanol–water partition coefficient (Wildman–Crippen LogP) is 1.48. The van der Waals surface area contributed by atoms with Crippen molar-refractivity contribution in [3.63, 3.8) is 0 Å². The summed E-state index contributed by atoms with van der Waals surface area (Å²) in [6, 6.07) is 0. The van der Waals surface area contributed by atoms with Gasteiger partial charge in [0, 0.05) is 33.2 Å². The zero-order chi connectivity index (χ0) is 17.9. The molecule has 0 aromatic carbocycles. The molecule has 0 aromatic heterocycles. The van der Waals surface area contributed by atoms with Crippen LogP contribution in [0.3, 0.4) is 0 Å². The zero-order valence-corrected chi connectivity index (χ0v) is 16.3. The number of piperidine rings is 1. The number of aliphatic imine (C=N–C) groups is 1. The second-order valence-electron chi connectivity index (χ2n) is 6.69. The van der Waals surface area contributed by atoms with Crippen LogP contribution in [-0.4, -0.2) is 86.5 Å². The molecule has 1 rings (SSSR count). The van der Waals surface area contributed by atoms with Crippen LogP contribution >= 0.6 is 0 Å². The van der Waals surface area contributed by atoms with Crippen LogP contribution in [0.4, 0.5) is 0 Å². The fourth-order valence-electron chi connectivity index (χ4n) is 3.13. The molecule has 0 atom stereocenters. The van der Waals surface area contributed by atoms with Gasteiger partial charge in [-0.05, 0) is 66.1 Å². The van der Waals surface area contributed by atoms with Crippen LogP contribution in [0.1, 0.15) is 40.0 Å². The quantitative estimate of drug-likeness (QED) is 0.538. The highest BCUT2D eigenvalue weighted by Crippen LogP contribution is 2.19. The number of hydrogen-bond acceptors (Lipinski definition) is 3. The van der Waals surface area contributed by atoms with Crippen molar-refractivity contribution in [2.45, 2.75) is 40.0 Å². The Bertz CT molecular complexity index is 387. The molecule has 0 radical (unpaired) electrons. The topological polar surface area (TPSA) is 51.2 Å². The fraction of sp³-hybridized carbons (Fsp3) is 0.889. The summed E-state index contributed by atoms with van der Waals surface area (Å²) in [6.07, 6.45) is 3.69. The van der Waals surface area contributed by atoms with Crippen molar-refractivity contribution in [1.82, 2.24) is 20.0 Å². The molecule has 1 N–H and O–H groups in total. The van der Waals surface area contributed by atoms with Gasteiger partial charge in [0.1, 0.15) is 0 Å². The maximum Gasteiger partial charge on any atom is 0.242 e. The Morgan fingerprint density at radius 2 is 1.83 bits per heavy atom. The molecule has 1 fully saturated rings. The number of likely N-dealkylation sites (tertiary alicyclic amines) is 1. The fourth-order valence-corrected chi connectivity index (χ4v) is 3.13. The van der Waals surface area contributed by atoms with Gasteiger partial charge in [0.2, 0.25) is 5.91 Å². The zero-order valence-electron chi connectivity index (χ0n) is 16.3. The van der Waals surface area contributed by atoms with Crippen molar-refractivity contribution in [2.24, 2.45) is 10.9 Å². The molecule has 0 bridgehead atoms. The van der Waals surface area contributed by atoms with Crippen molar-refractivity contribution in [3.8, 4) is 0 Å². The normalized spacial score (nSPS) is 17.0. The van der Waals surface area contributed by atoms with Gasteiger partial charge in [0.15, 0.2) is 5.96 Å². The van der Waals surface area contributed by atoms with Gasteiger partial charge in [-0.25, -0.2) is 0 Å². The van der Waals surface area contributed by atoms with Gasteiger partial charge in [-0.15, -0.1) is 0 Å². The number of amides is 1. The third-order valence-electron chi connectivity index (χ3n) is 4.82. The minimum atomic E-state index is 0.156. The lowest BCUT2D eigenvalue weighted by atomic mass is 9.94. The van der Waals surface area contributed by atoms with Gasteiger partial charge in [-0.2, -0.15) is 0 Å². The molecular formula is C18H37N5O. The average molecular weight is 340 g/mol. The second kappa shape index (κ2) is 11.3. The number of nitrogens with zero attached hydrogens (tertiary/aromatic N) is 4. The van der Waals surface area contributed by atoms with Crippen molar-refractivity contribution >= 4 is 11.9 Å². The van der Waals surface area contributed by atoms with Gasteiger partial charge in [-0.1, -0.05) is 0 Å². The molecule has 1 heterocycles. The molecular weight excluding hydrogens is 302 g/mol. The van der Waals surface area contributed by atoms with E-state index in [4.69, 9.17) is 4.99 Å². The molecule has 0 saturated carbocycles. The Labute approximate surface area is 148 Å². The Hall–Kier alpha value is -1.30. The first kappa shape index (κ1) is 20.7. The minimum Gasteiger partial charge on any atom is -0.357 e. The standard InChI is InChI=1S/C18H37N5O/c1-6-19-18(22(5)15-17(24)23(7-2)8-3)20-12-9-16-10-13-21(4)14-11-16/h16H,6-15H2,1-5H3,(H,19,20). The molecule has 1 saturated heterocycles. The van der Waals surface area contributed by atoms with Crippen LogP contribution in [0, 0.1) is 5.92 Å².